The normalized spacial score (nSPS) is 10.0. The van der Waals surface area contributed by atoms with Crippen LogP contribution in [0.3, 0.4) is 0 Å². The average molecular weight is 274 g/mol. The summed E-state index contributed by atoms with van der Waals surface area (Å²) >= 11 is 5.76. The van der Waals surface area contributed by atoms with E-state index in [1.807, 2.05) is 0 Å². The van der Waals surface area contributed by atoms with Crippen LogP contribution in [0.15, 0.2) is 48.5 Å². The first-order valence-electron chi connectivity index (χ1n) is 5.74. The Morgan fingerprint density at radius 3 is 2.32 bits per heavy atom. The van der Waals surface area contributed by atoms with E-state index < -0.39 is 0 Å². The molecular formula is C15H12ClNO2. The lowest BCUT2D eigenvalue weighted by Crippen LogP contribution is -2.12. The Morgan fingerprint density at radius 2 is 1.68 bits per heavy atom. The first-order valence-corrected chi connectivity index (χ1v) is 6.12. The monoisotopic (exact) mass is 273 g/mol. The van der Waals surface area contributed by atoms with Crippen molar-refractivity contribution >= 4 is 29.0 Å². The standard InChI is InChI=1S/C15H12ClNO2/c1-10(18)12-3-2-4-14(9-12)17-15(19)11-5-7-13(16)8-6-11/h2-9H,1H3,(H,17,19). The molecular weight excluding hydrogens is 262 g/mol. The molecule has 0 heterocycles. The minimum Gasteiger partial charge on any atom is -0.322 e. The predicted molar refractivity (Wildman–Crippen MR) is 75.9 cm³/mol. The lowest BCUT2D eigenvalue weighted by Gasteiger charge is -2.06. The van der Waals surface area contributed by atoms with E-state index >= 15 is 0 Å². The van der Waals surface area contributed by atoms with Crippen molar-refractivity contribution in [1.29, 1.82) is 0 Å². The zero-order valence-electron chi connectivity index (χ0n) is 10.3. The summed E-state index contributed by atoms with van der Waals surface area (Å²) in [7, 11) is 0. The van der Waals surface area contributed by atoms with E-state index in [0.717, 1.165) is 0 Å². The van der Waals surface area contributed by atoms with Gasteiger partial charge in [0.05, 0.1) is 0 Å². The average Bonchev–Trinajstić information content (AvgIpc) is 2.39. The molecule has 4 heteroatoms. The maximum absolute atomic E-state index is 12.0. The highest BCUT2D eigenvalue weighted by Crippen LogP contribution is 2.14. The number of nitrogens with one attached hydrogen (secondary N) is 1. The van der Waals surface area contributed by atoms with Crippen LogP contribution in [0.25, 0.3) is 0 Å². The molecule has 0 fully saturated rings. The predicted octanol–water partition coefficient (Wildman–Crippen LogP) is 3.79. The highest BCUT2D eigenvalue weighted by atomic mass is 35.5. The number of Topliss-reactive ketones (excluding diaryl/α,β-unsaturated/α-hetero) is 1. The summed E-state index contributed by atoms with van der Waals surface area (Å²) in [6.45, 7) is 1.49. The molecule has 0 aliphatic carbocycles. The molecule has 2 rings (SSSR count). The first kappa shape index (κ1) is 13.3. The molecule has 0 aromatic heterocycles. The fourth-order valence-electron chi connectivity index (χ4n) is 1.62. The zero-order valence-corrected chi connectivity index (χ0v) is 11.1. The number of amides is 1. The molecule has 0 aliphatic heterocycles. The summed E-state index contributed by atoms with van der Waals surface area (Å²) in [5.41, 5.74) is 1.67. The summed E-state index contributed by atoms with van der Waals surface area (Å²) in [5.74, 6) is -0.278. The number of halogens is 1. The summed E-state index contributed by atoms with van der Waals surface area (Å²) in [4.78, 5) is 23.2. The first-order chi connectivity index (χ1) is 9.06. The van der Waals surface area contributed by atoms with Crippen molar-refractivity contribution in [3.8, 4) is 0 Å². The largest absolute Gasteiger partial charge is 0.322 e. The van der Waals surface area contributed by atoms with Gasteiger partial charge in [-0.15, -0.1) is 0 Å². The number of benzene rings is 2. The zero-order chi connectivity index (χ0) is 13.8. The molecule has 0 saturated heterocycles. The smallest absolute Gasteiger partial charge is 0.255 e. The number of hydrogen-bond donors (Lipinski definition) is 1. The maximum Gasteiger partial charge on any atom is 0.255 e. The molecule has 0 unspecified atom stereocenters. The van der Waals surface area contributed by atoms with Gasteiger partial charge in [-0.3, -0.25) is 9.59 Å². The van der Waals surface area contributed by atoms with Crippen LogP contribution < -0.4 is 5.32 Å². The Labute approximate surface area is 116 Å². The van der Waals surface area contributed by atoms with E-state index in [4.69, 9.17) is 11.6 Å². The number of anilines is 1. The third-order valence-corrected chi connectivity index (χ3v) is 2.89. The molecule has 2 aromatic rings. The number of rotatable bonds is 3. The van der Waals surface area contributed by atoms with Crippen LogP contribution in [0.1, 0.15) is 27.6 Å². The maximum atomic E-state index is 12.0. The van der Waals surface area contributed by atoms with Gasteiger partial charge in [0.15, 0.2) is 5.78 Å². The van der Waals surface area contributed by atoms with Gasteiger partial charge in [0, 0.05) is 21.8 Å². The van der Waals surface area contributed by atoms with Gasteiger partial charge >= 0.3 is 0 Å². The molecule has 2 aromatic carbocycles. The minimum atomic E-state index is -0.239. The van der Waals surface area contributed by atoms with Gasteiger partial charge in [-0.2, -0.15) is 0 Å². The fraction of sp³-hybridized carbons (Fsp3) is 0.0667. The Morgan fingerprint density at radius 1 is 1.00 bits per heavy atom. The second-order valence-electron chi connectivity index (χ2n) is 4.10. The van der Waals surface area contributed by atoms with Crippen molar-refractivity contribution in [3.05, 3.63) is 64.7 Å². The van der Waals surface area contributed by atoms with Gasteiger partial charge in [-0.25, -0.2) is 0 Å². The number of ketones is 1. The molecule has 0 bridgehead atoms. The van der Waals surface area contributed by atoms with Gasteiger partial charge in [0.2, 0.25) is 0 Å². The van der Waals surface area contributed by atoms with E-state index in [9.17, 15) is 9.59 Å². The van der Waals surface area contributed by atoms with Crippen LogP contribution in [0.4, 0.5) is 5.69 Å². The fourth-order valence-corrected chi connectivity index (χ4v) is 1.75. The summed E-state index contributed by atoms with van der Waals surface area (Å²) in [6.07, 6.45) is 0. The quantitative estimate of drug-likeness (QED) is 0.865. The van der Waals surface area contributed by atoms with E-state index in [-0.39, 0.29) is 11.7 Å². The van der Waals surface area contributed by atoms with Crippen molar-refractivity contribution in [2.24, 2.45) is 0 Å². The summed E-state index contributed by atoms with van der Waals surface area (Å²) in [5, 5.41) is 3.32. The minimum absolute atomic E-state index is 0.0393. The Kier molecular flexibility index (Phi) is 3.97. The SMILES string of the molecule is CC(=O)c1cccc(NC(=O)c2ccc(Cl)cc2)c1. The van der Waals surface area contributed by atoms with E-state index in [2.05, 4.69) is 5.32 Å². The molecule has 0 spiro atoms. The lowest BCUT2D eigenvalue weighted by atomic mass is 10.1. The van der Waals surface area contributed by atoms with Crippen LogP contribution in [-0.4, -0.2) is 11.7 Å². The molecule has 19 heavy (non-hydrogen) atoms. The van der Waals surface area contributed by atoms with Crippen LogP contribution in [0.2, 0.25) is 5.02 Å². The van der Waals surface area contributed by atoms with Gasteiger partial charge in [-0.1, -0.05) is 23.7 Å². The van der Waals surface area contributed by atoms with Crippen LogP contribution in [0, 0.1) is 0 Å². The Bertz CT molecular complexity index is 620. The third kappa shape index (κ3) is 3.42. The second kappa shape index (κ2) is 5.67. The molecule has 0 atom stereocenters. The van der Waals surface area contributed by atoms with Gasteiger partial charge in [-0.05, 0) is 43.3 Å². The van der Waals surface area contributed by atoms with Crippen LogP contribution in [-0.2, 0) is 0 Å². The van der Waals surface area contributed by atoms with Gasteiger partial charge in [0.1, 0.15) is 0 Å². The van der Waals surface area contributed by atoms with E-state index in [1.165, 1.54) is 6.92 Å². The van der Waals surface area contributed by atoms with Crippen LogP contribution in [0.5, 0.6) is 0 Å². The van der Waals surface area contributed by atoms with E-state index in [0.29, 0.717) is 21.8 Å². The van der Waals surface area contributed by atoms with Crippen molar-refractivity contribution in [3.63, 3.8) is 0 Å². The molecule has 96 valence electrons. The molecule has 0 radical (unpaired) electrons. The topological polar surface area (TPSA) is 46.2 Å². The molecule has 1 N–H and O–H groups in total. The highest BCUT2D eigenvalue weighted by molar-refractivity contribution is 6.30. The Hall–Kier alpha value is -2.13. The molecule has 3 nitrogen and oxygen atoms in total. The molecule has 1 amide bonds. The van der Waals surface area contributed by atoms with Crippen molar-refractivity contribution in [2.75, 3.05) is 5.32 Å². The lowest BCUT2D eigenvalue weighted by molar-refractivity contribution is 0.101. The second-order valence-corrected chi connectivity index (χ2v) is 4.53. The van der Waals surface area contributed by atoms with E-state index in [1.54, 1.807) is 48.5 Å². The summed E-state index contributed by atoms with van der Waals surface area (Å²) < 4.78 is 0. The van der Waals surface area contributed by atoms with Crippen LogP contribution >= 0.6 is 11.6 Å². The number of carbonyl (C=O) groups is 2. The van der Waals surface area contributed by atoms with Gasteiger partial charge < -0.3 is 5.32 Å². The van der Waals surface area contributed by atoms with Gasteiger partial charge in [0.25, 0.3) is 5.91 Å². The molecule has 0 aliphatic rings. The van der Waals surface area contributed by atoms with Crippen molar-refractivity contribution < 1.29 is 9.59 Å². The number of hydrogen-bond acceptors (Lipinski definition) is 2. The Balaban J connectivity index is 2.17. The van der Waals surface area contributed by atoms with Crippen molar-refractivity contribution in [1.82, 2.24) is 0 Å². The third-order valence-electron chi connectivity index (χ3n) is 2.63. The van der Waals surface area contributed by atoms with Crippen molar-refractivity contribution in [2.45, 2.75) is 6.92 Å². The molecule has 0 saturated carbocycles. The number of carbonyl (C=O) groups excluding carboxylic acids is 2. The highest BCUT2D eigenvalue weighted by Gasteiger charge is 2.07. The summed E-state index contributed by atoms with van der Waals surface area (Å²) in [6, 6.07) is 13.4.